The number of amides is 1. The summed E-state index contributed by atoms with van der Waals surface area (Å²) in [6.45, 7) is 2.07. The van der Waals surface area contributed by atoms with Crippen molar-refractivity contribution in [2.45, 2.75) is 6.92 Å². The first kappa shape index (κ1) is 22.9. The predicted octanol–water partition coefficient (Wildman–Crippen LogP) is 4.88. The summed E-state index contributed by atoms with van der Waals surface area (Å²) in [6.07, 6.45) is 1.76. The fourth-order valence-corrected chi connectivity index (χ4v) is 4.29. The molecule has 0 aromatic heterocycles. The molecule has 3 rings (SSSR count). The van der Waals surface area contributed by atoms with Gasteiger partial charge in [0.25, 0.3) is 5.91 Å². The van der Waals surface area contributed by atoms with Gasteiger partial charge in [-0.25, -0.2) is 9.79 Å². The molecular weight excluding hydrogens is 484 g/mol. The van der Waals surface area contributed by atoms with E-state index in [1.807, 2.05) is 6.07 Å². The van der Waals surface area contributed by atoms with Gasteiger partial charge in [-0.2, -0.15) is 0 Å². The van der Waals surface area contributed by atoms with E-state index in [4.69, 9.17) is 14.2 Å². The Balaban J connectivity index is 1.87. The summed E-state index contributed by atoms with van der Waals surface area (Å²) in [4.78, 5) is 31.1. The van der Waals surface area contributed by atoms with Crippen LogP contribution in [0, 0.1) is 0 Å². The lowest BCUT2D eigenvalue weighted by Crippen LogP contribution is -2.23. The van der Waals surface area contributed by atoms with Crippen molar-refractivity contribution in [1.29, 1.82) is 0 Å². The van der Waals surface area contributed by atoms with Crippen molar-refractivity contribution in [3.63, 3.8) is 0 Å². The Morgan fingerprint density at radius 2 is 1.84 bits per heavy atom. The van der Waals surface area contributed by atoms with E-state index in [-0.39, 0.29) is 11.9 Å². The van der Waals surface area contributed by atoms with E-state index in [2.05, 4.69) is 20.9 Å². The van der Waals surface area contributed by atoms with E-state index in [0.29, 0.717) is 39.4 Å². The molecule has 162 valence electrons. The highest BCUT2D eigenvalue weighted by Gasteiger charge is 2.30. The lowest BCUT2D eigenvalue weighted by Gasteiger charge is -2.10. The molecule has 1 fully saturated rings. The molecule has 1 aliphatic heterocycles. The largest absolute Gasteiger partial charge is 0.496 e. The van der Waals surface area contributed by atoms with Gasteiger partial charge < -0.3 is 14.2 Å². The average molecular weight is 505 g/mol. The summed E-state index contributed by atoms with van der Waals surface area (Å²) in [5.41, 5.74) is 1.81. The van der Waals surface area contributed by atoms with Crippen LogP contribution in [0.1, 0.15) is 22.8 Å². The number of likely N-dealkylation sites (N-methyl/N-ethyl adjacent to an activating group) is 1. The van der Waals surface area contributed by atoms with Crippen molar-refractivity contribution >= 4 is 56.5 Å². The number of carbonyl (C=O) groups is 2. The molecule has 0 bridgehead atoms. The highest BCUT2D eigenvalue weighted by molar-refractivity contribution is 9.10. The van der Waals surface area contributed by atoms with Gasteiger partial charge in [0.2, 0.25) is 0 Å². The van der Waals surface area contributed by atoms with Crippen LogP contribution < -0.4 is 9.47 Å². The van der Waals surface area contributed by atoms with Crippen LogP contribution >= 0.6 is 27.7 Å². The lowest BCUT2D eigenvalue weighted by atomic mass is 10.1. The highest BCUT2D eigenvalue weighted by Crippen LogP contribution is 2.38. The first-order valence-corrected chi connectivity index (χ1v) is 10.9. The highest BCUT2D eigenvalue weighted by atomic mass is 79.9. The zero-order chi connectivity index (χ0) is 22.5. The summed E-state index contributed by atoms with van der Waals surface area (Å²) >= 11 is 4.72. The van der Waals surface area contributed by atoms with E-state index < -0.39 is 0 Å². The zero-order valence-electron chi connectivity index (χ0n) is 17.5. The number of thioether (sulfide) groups is 1. The number of halogens is 1. The minimum absolute atomic E-state index is 0.166. The number of carbonyl (C=O) groups excluding carboxylic acids is 2. The van der Waals surface area contributed by atoms with Gasteiger partial charge in [-0.15, -0.1) is 0 Å². The molecule has 1 saturated heterocycles. The molecular formula is C22H21BrN2O5S. The number of nitrogens with zero attached hydrogens (tertiary/aromatic N) is 2. The first-order valence-electron chi connectivity index (χ1n) is 9.33. The number of hydrogen-bond acceptors (Lipinski definition) is 7. The van der Waals surface area contributed by atoms with Gasteiger partial charge in [-0.1, -0.05) is 0 Å². The van der Waals surface area contributed by atoms with Gasteiger partial charge in [0.15, 0.2) is 5.17 Å². The Hall–Kier alpha value is -2.78. The summed E-state index contributed by atoms with van der Waals surface area (Å²) in [6, 6.07) is 10.3. The molecule has 0 atom stereocenters. The van der Waals surface area contributed by atoms with E-state index in [1.54, 1.807) is 64.6 Å². The first-order chi connectivity index (χ1) is 14.9. The molecule has 2 aromatic rings. The maximum absolute atomic E-state index is 12.8. The van der Waals surface area contributed by atoms with E-state index in [0.717, 1.165) is 10.0 Å². The number of aliphatic imine (C=N–C) groups is 1. The molecule has 7 nitrogen and oxygen atoms in total. The SMILES string of the molecule is CCOC(=O)c1ccc(N=C2S/C(=C\c3cc(Br)c(OC)cc3OC)C(=O)N2C)cc1. The third-order valence-electron chi connectivity index (χ3n) is 4.40. The number of ether oxygens (including phenoxy) is 3. The Kier molecular flexibility index (Phi) is 7.40. The number of esters is 1. The topological polar surface area (TPSA) is 77.4 Å². The second-order valence-corrected chi connectivity index (χ2v) is 8.23. The second-order valence-electron chi connectivity index (χ2n) is 6.37. The van der Waals surface area contributed by atoms with Crippen LogP contribution in [0.4, 0.5) is 5.69 Å². The molecule has 0 spiro atoms. The Bertz CT molecular complexity index is 1070. The van der Waals surface area contributed by atoms with Gasteiger partial charge in [-0.05, 0) is 71.0 Å². The van der Waals surface area contributed by atoms with Crippen LogP contribution in [0.25, 0.3) is 6.08 Å². The quantitative estimate of drug-likeness (QED) is 0.412. The van der Waals surface area contributed by atoms with Crippen molar-refractivity contribution in [3.8, 4) is 11.5 Å². The van der Waals surface area contributed by atoms with E-state index in [9.17, 15) is 9.59 Å². The predicted molar refractivity (Wildman–Crippen MR) is 125 cm³/mol. The number of benzene rings is 2. The van der Waals surface area contributed by atoms with Crippen LogP contribution in [0.15, 0.2) is 50.8 Å². The molecule has 0 N–H and O–H groups in total. The summed E-state index contributed by atoms with van der Waals surface area (Å²) < 4.78 is 16.5. The van der Waals surface area contributed by atoms with Crippen molar-refractivity contribution in [2.24, 2.45) is 4.99 Å². The number of amidine groups is 1. The van der Waals surface area contributed by atoms with Gasteiger partial charge >= 0.3 is 5.97 Å². The molecule has 1 heterocycles. The minimum Gasteiger partial charge on any atom is -0.496 e. The van der Waals surface area contributed by atoms with Crippen LogP contribution in [0.3, 0.4) is 0 Å². The maximum atomic E-state index is 12.8. The smallest absolute Gasteiger partial charge is 0.338 e. The fourth-order valence-electron chi connectivity index (χ4n) is 2.79. The maximum Gasteiger partial charge on any atom is 0.338 e. The normalized spacial score (nSPS) is 16.2. The number of methoxy groups -OCH3 is 2. The summed E-state index contributed by atoms with van der Waals surface area (Å²) in [5.74, 6) is 0.675. The van der Waals surface area contributed by atoms with Gasteiger partial charge in [0.05, 0.1) is 41.5 Å². The molecule has 2 aromatic carbocycles. The Morgan fingerprint density at radius 1 is 1.16 bits per heavy atom. The van der Waals surface area contributed by atoms with Gasteiger partial charge in [-0.3, -0.25) is 9.69 Å². The van der Waals surface area contributed by atoms with Crippen LogP contribution in [0.2, 0.25) is 0 Å². The molecule has 0 radical (unpaired) electrons. The second kappa shape index (κ2) is 10.0. The summed E-state index contributed by atoms with van der Waals surface area (Å²) in [5, 5.41) is 0.534. The zero-order valence-corrected chi connectivity index (χ0v) is 19.9. The monoisotopic (exact) mass is 504 g/mol. The number of hydrogen-bond donors (Lipinski definition) is 0. The molecule has 9 heteroatoms. The lowest BCUT2D eigenvalue weighted by molar-refractivity contribution is -0.121. The van der Waals surface area contributed by atoms with E-state index >= 15 is 0 Å². The van der Waals surface area contributed by atoms with Crippen LogP contribution in [0.5, 0.6) is 11.5 Å². The molecule has 0 aliphatic carbocycles. The Morgan fingerprint density at radius 3 is 2.45 bits per heavy atom. The average Bonchev–Trinajstić information content (AvgIpc) is 3.02. The standard InChI is InChI=1S/C22H21BrN2O5S/c1-5-30-21(27)13-6-8-15(9-7-13)24-22-25(2)20(26)19(31-22)11-14-10-16(23)18(29-4)12-17(14)28-3/h6-12H,5H2,1-4H3/b19-11-,24-22?. The summed E-state index contributed by atoms with van der Waals surface area (Å²) in [7, 11) is 4.81. The van der Waals surface area contributed by atoms with Crippen LogP contribution in [-0.4, -0.2) is 49.8 Å². The fraction of sp³-hybridized carbons (Fsp3) is 0.227. The molecule has 0 unspecified atom stereocenters. The van der Waals surface area contributed by atoms with Gasteiger partial charge in [0, 0.05) is 18.7 Å². The molecule has 1 amide bonds. The van der Waals surface area contributed by atoms with E-state index in [1.165, 1.54) is 16.7 Å². The Labute approximate surface area is 193 Å². The van der Waals surface area contributed by atoms with Crippen molar-refractivity contribution < 1.29 is 23.8 Å². The van der Waals surface area contributed by atoms with Crippen molar-refractivity contribution in [2.75, 3.05) is 27.9 Å². The molecule has 1 aliphatic rings. The van der Waals surface area contributed by atoms with Crippen molar-refractivity contribution in [1.82, 2.24) is 4.90 Å². The van der Waals surface area contributed by atoms with Crippen LogP contribution in [-0.2, 0) is 9.53 Å². The third-order valence-corrected chi connectivity index (χ3v) is 6.08. The molecule has 31 heavy (non-hydrogen) atoms. The van der Waals surface area contributed by atoms with Crippen molar-refractivity contribution in [3.05, 3.63) is 56.9 Å². The third kappa shape index (κ3) is 5.11. The minimum atomic E-state index is -0.381. The van der Waals surface area contributed by atoms with Gasteiger partial charge in [0.1, 0.15) is 11.5 Å². The number of rotatable bonds is 6. The molecule has 0 saturated carbocycles.